The van der Waals surface area contributed by atoms with Crippen LogP contribution in [0.3, 0.4) is 0 Å². The molecule has 30 heavy (non-hydrogen) atoms. The molecule has 5 nitrogen and oxygen atoms in total. The highest BCUT2D eigenvalue weighted by Crippen LogP contribution is 2.18. The normalized spacial score (nSPS) is 11.7. The van der Waals surface area contributed by atoms with E-state index >= 15 is 0 Å². The van der Waals surface area contributed by atoms with Crippen LogP contribution in [0.15, 0.2) is 77.7 Å². The van der Waals surface area contributed by atoms with Gasteiger partial charge in [-0.2, -0.15) is 0 Å². The Balaban J connectivity index is 1.73. The predicted octanol–water partition coefficient (Wildman–Crippen LogP) is 4.65. The second-order valence-electron chi connectivity index (χ2n) is 6.94. The summed E-state index contributed by atoms with van der Waals surface area (Å²) in [6.45, 7) is 1.94. The number of fused-ring (bicyclic) bond motifs is 2. The third-order valence-corrected chi connectivity index (χ3v) is 5.03. The summed E-state index contributed by atoms with van der Waals surface area (Å²) in [6, 6.07) is 18.9. The summed E-state index contributed by atoms with van der Waals surface area (Å²) in [6.07, 6.45) is 5.57. The van der Waals surface area contributed by atoms with Crippen LogP contribution in [0.25, 0.3) is 34.3 Å². The van der Waals surface area contributed by atoms with Gasteiger partial charge in [0.25, 0.3) is 5.56 Å². The van der Waals surface area contributed by atoms with Gasteiger partial charge in [-0.1, -0.05) is 18.2 Å². The Bertz CT molecular complexity index is 1480. The molecule has 5 aromatic rings. The maximum absolute atomic E-state index is 13.4. The highest BCUT2D eigenvalue weighted by atomic mass is 19.1. The molecule has 0 saturated carbocycles. The van der Waals surface area contributed by atoms with E-state index in [-0.39, 0.29) is 11.4 Å². The lowest BCUT2D eigenvalue weighted by molar-refractivity contribution is 0.627. The molecule has 0 amide bonds. The van der Waals surface area contributed by atoms with Gasteiger partial charge in [-0.15, -0.1) is 0 Å². The van der Waals surface area contributed by atoms with Gasteiger partial charge >= 0.3 is 0 Å². The van der Waals surface area contributed by atoms with Gasteiger partial charge in [-0.05, 0) is 67.6 Å². The minimum Gasteiger partial charge on any atom is -0.303 e. The van der Waals surface area contributed by atoms with Gasteiger partial charge in [0, 0.05) is 6.20 Å². The summed E-state index contributed by atoms with van der Waals surface area (Å²) in [7, 11) is 0. The maximum atomic E-state index is 13.4. The summed E-state index contributed by atoms with van der Waals surface area (Å²) < 4.78 is 16.9. The van der Waals surface area contributed by atoms with Gasteiger partial charge in [0.1, 0.15) is 17.5 Å². The number of benzene rings is 2. The highest BCUT2D eigenvalue weighted by Gasteiger charge is 2.12. The van der Waals surface area contributed by atoms with Crippen molar-refractivity contribution in [2.45, 2.75) is 6.92 Å². The summed E-state index contributed by atoms with van der Waals surface area (Å²) in [5, 5.41) is 0.502. The van der Waals surface area contributed by atoms with Gasteiger partial charge in [0.05, 0.1) is 27.8 Å². The number of aryl methyl sites for hydroxylation is 1. The number of rotatable bonds is 3. The average Bonchev–Trinajstić information content (AvgIpc) is 3.09. The first-order chi connectivity index (χ1) is 14.6. The standard InChI is InChI=1S/C24H17FN4O/c1-16-26-21(22-8-4-5-15-28(16)22)13-14-23-27-20-7-3-2-6-19(20)24(30)29(23)18-11-9-17(25)10-12-18/h2-15H,1H3/b14-13+. The van der Waals surface area contributed by atoms with Gasteiger partial charge in [-0.3, -0.25) is 9.36 Å². The first-order valence-corrected chi connectivity index (χ1v) is 9.51. The Morgan fingerprint density at radius 1 is 0.900 bits per heavy atom. The molecule has 3 heterocycles. The molecule has 0 radical (unpaired) electrons. The molecule has 0 spiro atoms. The zero-order chi connectivity index (χ0) is 20.7. The number of hydrogen-bond donors (Lipinski definition) is 0. The maximum Gasteiger partial charge on any atom is 0.266 e. The lowest BCUT2D eigenvalue weighted by atomic mass is 10.2. The Hall–Kier alpha value is -4.06. The average molecular weight is 396 g/mol. The Labute approximate surface area is 171 Å². The van der Waals surface area contributed by atoms with Crippen LogP contribution in [0.5, 0.6) is 0 Å². The van der Waals surface area contributed by atoms with Crippen LogP contribution in [0.1, 0.15) is 17.3 Å². The SMILES string of the molecule is Cc1nc(/C=C/c2nc3ccccc3c(=O)n2-c2ccc(F)cc2)c2ccccn12. The summed E-state index contributed by atoms with van der Waals surface area (Å²) in [5.74, 6) is 0.949. The van der Waals surface area contributed by atoms with Gasteiger partial charge in [0.15, 0.2) is 0 Å². The van der Waals surface area contributed by atoms with Crippen LogP contribution in [-0.4, -0.2) is 18.9 Å². The monoisotopic (exact) mass is 396 g/mol. The fourth-order valence-corrected chi connectivity index (χ4v) is 3.60. The van der Waals surface area contributed by atoms with E-state index in [0.29, 0.717) is 22.4 Å². The van der Waals surface area contributed by atoms with Crippen molar-refractivity contribution in [3.63, 3.8) is 0 Å². The zero-order valence-electron chi connectivity index (χ0n) is 16.2. The Morgan fingerprint density at radius 3 is 2.50 bits per heavy atom. The van der Waals surface area contributed by atoms with Crippen LogP contribution < -0.4 is 5.56 Å². The van der Waals surface area contributed by atoms with E-state index in [1.165, 1.54) is 16.7 Å². The molecule has 0 aliphatic rings. The lowest BCUT2D eigenvalue weighted by Crippen LogP contribution is -2.22. The molecule has 5 rings (SSSR count). The molecule has 0 aliphatic heterocycles. The van der Waals surface area contributed by atoms with E-state index in [0.717, 1.165) is 17.0 Å². The minimum absolute atomic E-state index is 0.210. The number of aromatic nitrogens is 4. The lowest BCUT2D eigenvalue weighted by Gasteiger charge is -2.11. The molecule has 146 valence electrons. The van der Waals surface area contributed by atoms with Crippen LogP contribution in [-0.2, 0) is 0 Å². The van der Waals surface area contributed by atoms with Crippen molar-refractivity contribution in [2.75, 3.05) is 0 Å². The third kappa shape index (κ3) is 2.99. The van der Waals surface area contributed by atoms with Crippen LogP contribution in [0, 0.1) is 12.7 Å². The smallest absolute Gasteiger partial charge is 0.266 e. The Morgan fingerprint density at radius 2 is 1.67 bits per heavy atom. The molecule has 0 N–H and O–H groups in total. The van der Waals surface area contributed by atoms with Crippen molar-refractivity contribution >= 4 is 28.6 Å². The second-order valence-corrected chi connectivity index (χ2v) is 6.94. The Kier molecular flexibility index (Phi) is 4.25. The molecule has 0 bridgehead atoms. The number of halogens is 1. The van der Waals surface area contributed by atoms with Crippen molar-refractivity contribution in [1.29, 1.82) is 0 Å². The van der Waals surface area contributed by atoms with Crippen molar-refractivity contribution < 1.29 is 4.39 Å². The summed E-state index contributed by atoms with van der Waals surface area (Å²) >= 11 is 0. The van der Waals surface area contributed by atoms with Gasteiger partial charge < -0.3 is 4.40 Å². The zero-order valence-corrected chi connectivity index (χ0v) is 16.2. The van der Waals surface area contributed by atoms with Crippen LogP contribution in [0.2, 0.25) is 0 Å². The number of para-hydroxylation sites is 1. The van der Waals surface area contributed by atoms with E-state index in [1.54, 1.807) is 36.4 Å². The first-order valence-electron chi connectivity index (χ1n) is 9.51. The molecule has 0 unspecified atom stereocenters. The van der Waals surface area contributed by atoms with Crippen molar-refractivity contribution in [2.24, 2.45) is 0 Å². The van der Waals surface area contributed by atoms with E-state index in [2.05, 4.69) is 9.97 Å². The number of nitrogens with zero attached hydrogens (tertiary/aromatic N) is 4. The summed E-state index contributed by atoms with van der Waals surface area (Å²) in [4.78, 5) is 22.5. The molecule has 0 saturated heterocycles. The van der Waals surface area contributed by atoms with E-state index in [4.69, 9.17) is 0 Å². The van der Waals surface area contributed by atoms with Crippen molar-refractivity contribution in [1.82, 2.24) is 18.9 Å². The largest absolute Gasteiger partial charge is 0.303 e. The number of hydrogen-bond acceptors (Lipinski definition) is 3. The molecular formula is C24H17FN4O. The predicted molar refractivity (Wildman–Crippen MR) is 116 cm³/mol. The topological polar surface area (TPSA) is 52.2 Å². The fourth-order valence-electron chi connectivity index (χ4n) is 3.60. The van der Waals surface area contributed by atoms with E-state index in [1.807, 2.05) is 47.9 Å². The first kappa shape index (κ1) is 18.0. The van der Waals surface area contributed by atoms with Gasteiger partial charge in [-0.25, -0.2) is 14.4 Å². The van der Waals surface area contributed by atoms with Crippen molar-refractivity contribution in [3.05, 3.63) is 106 Å². The molecule has 2 aromatic carbocycles. The van der Waals surface area contributed by atoms with Crippen LogP contribution in [0.4, 0.5) is 4.39 Å². The van der Waals surface area contributed by atoms with E-state index < -0.39 is 0 Å². The second kappa shape index (κ2) is 7.08. The number of imidazole rings is 1. The molecule has 0 atom stereocenters. The van der Waals surface area contributed by atoms with Crippen LogP contribution >= 0.6 is 0 Å². The molecule has 0 aliphatic carbocycles. The van der Waals surface area contributed by atoms with Gasteiger partial charge in [0.2, 0.25) is 0 Å². The minimum atomic E-state index is -0.363. The fraction of sp³-hybridized carbons (Fsp3) is 0.0417. The highest BCUT2D eigenvalue weighted by molar-refractivity contribution is 5.81. The van der Waals surface area contributed by atoms with Crippen molar-refractivity contribution in [3.8, 4) is 5.69 Å². The number of pyridine rings is 1. The molecule has 3 aromatic heterocycles. The molecule has 6 heteroatoms. The molecular weight excluding hydrogens is 379 g/mol. The molecule has 0 fully saturated rings. The van der Waals surface area contributed by atoms with E-state index in [9.17, 15) is 9.18 Å². The summed E-state index contributed by atoms with van der Waals surface area (Å²) in [5.41, 5.74) is 2.68. The quantitative estimate of drug-likeness (QED) is 0.446. The third-order valence-electron chi connectivity index (χ3n) is 5.03.